The second kappa shape index (κ2) is 4.25. The van der Waals surface area contributed by atoms with Crippen LogP contribution in [0, 0.1) is 17.8 Å². The summed E-state index contributed by atoms with van der Waals surface area (Å²) < 4.78 is 0. The van der Waals surface area contributed by atoms with Gasteiger partial charge in [-0.1, -0.05) is 25.2 Å². The van der Waals surface area contributed by atoms with Gasteiger partial charge in [-0.2, -0.15) is 0 Å². The Kier molecular flexibility index (Phi) is 3.21. The number of rotatable bonds is 1. The van der Waals surface area contributed by atoms with Crippen molar-refractivity contribution in [3.8, 4) is 0 Å². The molecule has 2 aliphatic rings. The molecule has 2 aliphatic carbocycles. The zero-order chi connectivity index (χ0) is 12.8. The molecule has 0 spiro atoms. The SMILES string of the molecule is C=C(C)[C@@H]1CC[C@@](C)(O)C2=C[C@@H](O)[C@H](C)[C@@H]2C1. The molecule has 2 heteroatoms. The lowest BCUT2D eigenvalue weighted by molar-refractivity contribution is 0.0795. The summed E-state index contributed by atoms with van der Waals surface area (Å²) in [7, 11) is 0. The van der Waals surface area contributed by atoms with Crippen LogP contribution in [0.1, 0.15) is 40.0 Å². The monoisotopic (exact) mass is 236 g/mol. The van der Waals surface area contributed by atoms with Crippen LogP contribution < -0.4 is 0 Å². The van der Waals surface area contributed by atoms with Crippen LogP contribution in [0.2, 0.25) is 0 Å². The third kappa shape index (κ3) is 2.21. The van der Waals surface area contributed by atoms with E-state index in [0.29, 0.717) is 11.8 Å². The minimum Gasteiger partial charge on any atom is -0.389 e. The molecule has 2 N–H and O–H groups in total. The summed E-state index contributed by atoms with van der Waals surface area (Å²) in [5, 5.41) is 20.5. The van der Waals surface area contributed by atoms with E-state index in [1.165, 1.54) is 5.57 Å². The van der Waals surface area contributed by atoms with Crippen molar-refractivity contribution < 1.29 is 10.2 Å². The Labute approximate surface area is 104 Å². The average Bonchev–Trinajstić information content (AvgIpc) is 2.43. The van der Waals surface area contributed by atoms with Crippen LogP contribution in [-0.2, 0) is 0 Å². The smallest absolute Gasteiger partial charge is 0.0832 e. The van der Waals surface area contributed by atoms with Crippen LogP contribution in [0.3, 0.4) is 0 Å². The molecule has 5 atom stereocenters. The first-order valence-corrected chi connectivity index (χ1v) is 6.61. The standard InChI is InChI=1S/C15H24O2/c1-9(2)11-5-6-15(4,17)13-8-14(16)10(3)12(13)7-11/h8,10-12,14,16-17H,1,5-7H2,2-4H3/t10-,11-,12+,14-,15-/m1/s1. The Hall–Kier alpha value is -0.600. The molecule has 17 heavy (non-hydrogen) atoms. The van der Waals surface area contributed by atoms with Gasteiger partial charge in [0.2, 0.25) is 0 Å². The van der Waals surface area contributed by atoms with Crippen molar-refractivity contribution in [3.63, 3.8) is 0 Å². The topological polar surface area (TPSA) is 40.5 Å². The van der Waals surface area contributed by atoms with E-state index in [-0.39, 0.29) is 5.92 Å². The molecule has 1 fully saturated rings. The maximum Gasteiger partial charge on any atom is 0.0832 e. The van der Waals surface area contributed by atoms with Gasteiger partial charge in [0.25, 0.3) is 0 Å². The molecule has 0 aromatic heterocycles. The lowest BCUT2D eigenvalue weighted by Gasteiger charge is -2.28. The highest BCUT2D eigenvalue weighted by atomic mass is 16.3. The molecule has 1 saturated carbocycles. The average molecular weight is 236 g/mol. The van der Waals surface area contributed by atoms with Crippen molar-refractivity contribution in [1.29, 1.82) is 0 Å². The van der Waals surface area contributed by atoms with Gasteiger partial charge in [-0.25, -0.2) is 0 Å². The third-order valence-corrected chi connectivity index (χ3v) is 4.76. The first-order valence-electron chi connectivity index (χ1n) is 6.61. The number of hydrogen-bond acceptors (Lipinski definition) is 2. The minimum atomic E-state index is -0.749. The highest BCUT2D eigenvalue weighted by Gasteiger charge is 2.44. The van der Waals surface area contributed by atoms with Crippen LogP contribution in [0.4, 0.5) is 0 Å². The molecule has 2 rings (SSSR count). The van der Waals surface area contributed by atoms with Crippen molar-refractivity contribution in [2.45, 2.75) is 51.7 Å². The molecule has 0 heterocycles. The highest BCUT2D eigenvalue weighted by molar-refractivity contribution is 5.29. The van der Waals surface area contributed by atoms with Crippen LogP contribution >= 0.6 is 0 Å². The predicted molar refractivity (Wildman–Crippen MR) is 69.5 cm³/mol. The van der Waals surface area contributed by atoms with Gasteiger partial charge in [0.15, 0.2) is 0 Å². The van der Waals surface area contributed by atoms with Crippen molar-refractivity contribution in [2.24, 2.45) is 17.8 Å². The van der Waals surface area contributed by atoms with Crippen LogP contribution in [-0.4, -0.2) is 21.9 Å². The maximum atomic E-state index is 10.6. The van der Waals surface area contributed by atoms with Gasteiger partial charge in [0, 0.05) is 0 Å². The predicted octanol–water partition coefficient (Wildman–Crippen LogP) is 2.67. The molecule has 0 bridgehead atoms. The number of aliphatic hydroxyl groups is 2. The summed E-state index contributed by atoms with van der Waals surface area (Å²) in [6, 6.07) is 0. The molecule has 0 amide bonds. The lowest BCUT2D eigenvalue weighted by Crippen LogP contribution is -2.29. The van der Waals surface area contributed by atoms with E-state index in [1.54, 1.807) is 0 Å². The fourth-order valence-corrected chi connectivity index (χ4v) is 3.37. The first kappa shape index (κ1) is 12.8. The number of aliphatic hydroxyl groups excluding tert-OH is 1. The zero-order valence-electron chi connectivity index (χ0n) is 11.1. The molecule has 0 aliphatic heterocycles. The second-order valence-electron chi connectivity index (χ2n) is 6.17. The van der Waals surface area contributed by atoms with E-state index in [2.05, 4.69) is 20.4 Å². The van der Waals surface area contributed by atoms with Gasteiger partial charge in [-0.05, 0) is 56.4 Å². The van der Waals surface area contributed by atoms with E-state index < -0.39 is 11.7 Å². The lowest BCUT2D eigenvalue weighted by atomic mass is 9.80. The molecule has 0 aromatic rings. The summed E-state index contributed by atoms with van der Waals surface area (Å²) in [5.41, 5.74) is 1.51. The highest BCUT2D eigenvalue weighted by Crippen LogP contribution is 2.47. The van der Waals surface area contributed by atoms with Gasteiger partial charge in [-0.15, -0.1) is 0 Å². The number of fused-ring (bicyclic) bond motifs is 1. The van der Waals surface area contributed by atoms with Crippen LogP contribution in [0.5, 0.6) is 0 Å². The van der Waals surface area contributed by atoms with E-state index in [0.717, 1.165) is 24.8 Å². The number of hydrogen-bond donors (Lipinski definition) is 2. The summed E-state index contributed by atoms with van der Waals surface area (Å²) in [5.74, 6) is 1.01. The molecule has 2 nitrogen and oxygen atoms in total. The summed E-state index contributed by atoms with van der Waals surface area (Å²) in [6.45, 7) is 10.1. The Bertz CT molecular complexity index is 354. The van der Waals surface area contributed by atoms with Crippen molar-refractivity contribution in [1.82, 2.24) is 0 Å². The normalized spacial score (nSPS) is 46.1. The van der Waals surface area contributed by atoms with Gasteiger partial charge in [0.05, 0.1) is 11.7 Å². The molecule has 0 radical (unpaired) electrons. The van der Waals surface area contributed by atoms with Crippen LogP contribution in [0.15, 0.2) is 23.8 Å². The summed E-state index contributed by atoms with van der Waals surface area (Å²) >= 11 is 0. The Morgan fingerprint density at radius 1 is 1.53 bits per heavy atom. The Morgan fingerprint density at radius 2 is 2.18 bits per heavy atom. The fourth-order valence-electron chi connectivity index (χ4n) is 3.37. The Balaban J connectivity index is 2.32. The van der Waals surface area contributed by atoms with E-state index in [9.17, 15) is 10.2 Å². The van der Waals surface area contributed by atoms with Gasteiger partial charge in [0.1, 0.15) is 0 Å². The second-order valence-corrected chi connectivity index (χ2v) is 6.17. The Morgan fingerprint density at radius 3 is 2.76 bits per heavy atom. The fraction of sp³-hybridized carbons (Fsp3) is 0.733. The van der Waals surface area contributed by atoms with E-state index >= 15 is 0 Å². The summed E-state index contributed by atoms with van der Waals surface area (Å²) in [4.78, 5) is 0. The minimum absolute atomic E-state index is 0.219. The molecule has 0 aromatic carbocycles. The van der Waals surface area contributed by atoms with Crippen molar-refractivity contribution in [3.05, 3.63) is 23.8 Å². The van der Waals surface area contributed by atoms with Crippen molar-refractivity contribution >= 4 is 0 Å². The van der Waals surface area contributed by atoms with Crippen molar-refractivity contribution in [2.75, 3.05) is 0 Å². The third-order valence-electron chi connectivity index (χ3n) is 4.76. The molecular formula is C15H24O2. The van der Waals surface area contributed by atoms with E-state index in [4.69, 9.17) is 0 Å². The summed E-state index contributed by atoms with van der Waals surface area (Å²) in [6.07, 6.45) is 4.28. The molecule has 0 saturated heterocycles. The van der Waals surface area contributed by atoms with Gasteiger partial charge >= 0.3 is 0 Å². The largest absolute Gasteiger partial charge is 0.389 e. The quantitative estimate of drug-likeness (QED) is 0.687. The molecule has 0 unspecified atom stereocenters. The van der Waals surface area contributed by atoms with E-state index in [1.807, 2.05) is 13.0 Å². The first-order chi connectivity index (χ1) is 7.83. The molecular weight excluding hydrogens is 212 g/mol. The van der Waals surface area contributed by atoms with Crippen LogP contribution in [0.25, 0.3) is 0 Å². The van der Waals surface area contributed by atoms with Gasteiger partial charge in [-0.3, -0.25) is 0 Å². The zero-order valence-corrected chi connectivity index (χ0v) is 11.1. The maximum absolute atomic E-state index is 10.6. The molecule has 96 valence electrons. The number of allylic oxidation sites excluding steroid dienone is 1. The van der Waals surface area contributed by atoms with Gasteiger partial charge < -0.3 is 10.2 Å².